The van der Waals surface area contributed by atoms with Crippen LogP contribution in [0.2, 0.25) is 0 Å². The Balaban J connectivity index is 1.33. The number of nitrogens with one attached hydrogen (secondary N) is 1. The first-order valence-electron chi connectivity index (χ1n) is 11.9. The maximum atomic E-state index is 11.6. The summed E-state index contributed by atoms with van der Waals surface area (Å²) in [6.07, 6.45) is 5.83. The van der Waals surface area contributed by atoms with Crippen molar-refractivity contribution >= 4 is 17.2 Å². The highest BCUT2D eigenvalue weighted by atomic mass is 16.5. The standard InChI is InChI=1S/C28H29N5O5/c1-20(27(34)36-3)22-8-12-24(13-9-22)37-17-5-14-29-25-18-30-28(33-16-4-15-31-33)32-26(25)38-19-21-6-10-23(35-2)11-7-21/h4,6-13,15-16,18,29H,1,5,14,17,19H2,2-3H3. The third-order valence-electron chi connectivity index (χ3n) is 5.52. The van der Waals surface area contributed by atoms with Gasteiger partial charge in [-0.05, 0) is 47.9 Å². The third-order valence-corrected chi connectivity index (χ3v) is 5.52. The molecule has 0 saturated heterocycles. The number of ether oxygens (including phenoxy) is 4. The summed E-state index contributed by atoms with van der Waals surface area (Å²) in [7, 11) is 2.96. The Kier molecular flexibility index (Phi) is 8.90. The number of hydrogen-bond donors (Lipinski definition) is 1. The predicted molar refractivity (Wildman–Crippen MR) is 143 cm³/mol. The summed E-state index contributed by atoms with van der Waals surface area (Å²) in [6.45, 7) is 5.18. The second-order valence-electron chi connectivity index (χ2n) is 8.10. The molecule has 0 spiro atoms. The zero-order valence-electron chi connectivity index (χ0n) is 21.3. The Bertz CT molecular complexity index is 1340. The molecule has 2 aromatic carbocycles. The SMILES string of the molecule is C=C(C(=O)OC)c1ccc(OCCCNc2cnc(-n3cccn3)nc2OCc2ccc(OC)cc2)cc1. The Morgan fingerprint density at radius 1 is 1.03 bits per heavy atom. The summed E-state index contributed by atoms with van der Waals surface area (Å²) in [6, 6.07) is 16.6. The molecule has 0 saturated carbocycles. The van der Waals surface area contributed by atoms with Crippen LogP contribution in [0.1, 0.15) is 17.5 Å². The summed E-state index contributed by atoms with van der Waals surface area (Å²) in [5, 5.41) is 7.52. The van der Waals surface area contributed by atoms with Crippen LogP contribution < -0.4 is 19.5 Å². The van der Waals surface area contributed by atoms with E-state index in [1.54, 1.807) is 60.7 Å². The number of anilines is 1. The van der Waals surface area contributed by atoms with Crippen molar-refractivity contribution < 1.29 is 23.7 Å². The van der Waals surface area contributed by atoms with Crippen molar-refractivity contribution in [3.63, 3.8) is 0 Å². The highest BCUT2D eigenvalue weighted by molar-refractivity contribution is 6.15. The van der Waals surface area contributed by atoms with E-state index in [0.29, 0.717) is 54.2 Å². The summed E-state index contributed by atoms with van der Waals surface area (Å²) in [5.41, 5.74) is 2.63. The number of rotatable bonds is 13. The molecule has 10 heteroatoms. The van der Waals surface area contributed by atoms with Crippen molar-refractivity contribution in [3.8, 4) is 23.3 Å². The Morgan fingerprint density at radius 3 is 2.47 bits per heavy atom. The largest absolute Gasteiger partial charge is 0.497 e. The first kappa shape index (κ1) is 26.2. The van der Waals surface area contributed by atoms with E-state index in [9.17, 15) is 4.79 Å². The number of hydrogen-bond acceptors (Lipinski definition) is 9. The lowest BCUT2D eigenvalue weighted by Gasteiger charge is -2.14. The zero-order valence-corrected chi connectivity index (χ0v) is 21.3. The number of carbonyl (C=O) groups excluding carboxylic acids is 1. The van der Waals surface area contributed by atoms with Gasteiger partial charge in [-0.25, -0.2) is 14.5 Å². The number of aromatic nitrogens is 4. The minimum absolute atomic E-state index is 0.300. The van der Waals surface area contributed by atoms with Gasteiger partial charge < -0.3 is 24.3 Å². The number of esters is 1. The second kappa shape index (κ2) is 12.9. The maximum absolute atomic E-state index is 11.6. The first-order valence-corrected chi connectivity index (χ1v) is 11.9. The fourth-order valence-electron chi connectivity index (χ4n) is 3.44. The van der Waals surface area contributed by atoms with E-state index in [1.165, 1.54) is 7.11 Å². The van der Waals surface area contributed by atoms with Gasteiger partial charge >= 0.3 is 5.97 Å². The van der Waals surface area contributed by atoms with Crippen molar-refractivity contribution in [1.82, 2.24) is 19.7 Å². The van der Waals surface area contributed by atoms with Crippen LogP contribution in [0.5, 0.6) is 17.4 Å². The molecule has 2 heterocycles. The molecule has 0 radical (unpaired) electrons. The first-order chi connectivity index (χ1) is 18.6. The van der Waals surface area contributed by atoms with Gasteiger partial charge in [0.1, 0.15) is 23.8 Å². The number of carbonyl (C=O) groups is 1. The molecule has 4 rings (SSSR count). The highest BCUT2D eigenvalue weighted by Crippen LogP contribution is 2.24. The van der Waals surface area contributed by atoms with E-state index in [2.05, 4.69) is 27.0 Å². The van der Waals surface area contributed by atoms with Gasteiger partial charge in [0, 0.05) is 18.9 Å². The molecule has 10 nitrogen and oxygen atoms in total. The summed E-state index contributed by atoms with van der Waals surface area (Å²) >= 11 is 0. The molecule has 38 heavy (non-hydrogen) atoms. The predicted octanol–water partition coefficient (Wildman–Crippen LogP) is 4.32. The topological polar surface area (TPSA) is 110 Å². The third kappa shape index (κ3) is 6.88. The van der Waals surface area contributed by atoms with Crippen LogP contribution in [-0.4, -0.2) is 53.1 Å². The second-order valence-corrected chi connectivity index (χ2v) is 8.10. The lowest BCUT2D eigenvalue weighted by Crippen LogP contribution is -2.11. The van der Waals surface area contributed by atoms with Crippen LogP contribution in [0, 0.1) is 0 Å². The Hall–Kier alpha value is -4.86. The van der Waals surface area contributed by atoms with E-state index >= 15 is 0 Å². The van der Waals surface area contributed by atoms with Crippen molar-refractivity contribution in [2.75, 3.05) is 32.7 Å². The Morgan fingerprint density at radius 2 is 1.79 bits per heavy atom. The fourth-order valence-corrected chi connectivity index (χ4v) is 3.44. The molecule has 4 aromatic rings. The normalized spacial score (nSPS) is 10.5. The van der Waals surface area contributed by atoms with Crippen LogP contribution in [0.4, 0.5) is 5.69 Å². The molecule has 0 aliphatic rings. The molecule has 0 aliphatic heterocycles. The van der Waals surface area contributed by atoms with Crippen LogP contribution >= 0.6 is 0 Å². The van der Waals surface area contributed by atoms with E-state index in [-0.39, 0.29) is 0 Å². The minimum atomic E-state index is -0.460. The molecule has 0 atom stereocenters. The molecule has 0 amide bonds. The summed E-state index contributed by atoms with van der Waals surface area (Å²) in [4.78, 5) is 20.6. The molecule has 196 valence electrons. The van der Waals surface area contributed by atoms with E-state index < -0.39 is 5.97 Å². The highest BCUT2D eigenvalue weighted by Gasteiger charge is 2.12. The van der Waals surface area contributed by atoms with Gasteiger partial charge in [-0.1, -0.05) is 30.8 Å². The van der Waals surface area contributed by atoms with Crippen LogP contribution in [-0.2, 0) is 16.1 Å². The summed E-state index contributed by atoms with van der Waals surface area (Å²) < 4.78 is 23.4. The van der Waals surface area contributed by atoms with Gasteiger partial charge in [0.2, 0.25) is 5.88 Å². The number of methoxy groups -OCH3 is 2. The smallest absolute Gasteiger partial charge is 0.337 e. The number of nitrogens with zero attached hydrogens (tertiary/aromatic N) is 4. The van der Waals surface area contributed by atoms with Crippen molar-refractivity contribution in [3.05, 3.63) is 90.9 Å². The van der Waals surface area contributed by atoms with E-state index in [1.807, 2.05) is 24.3 Å². The molecular formula is C28H29N5O5. The zero-order chi connectivity index (χ0) is 26.7. The molecule has 0 aliphatic carbocycles. The fraction of sp³-hybridized carbons (Fsp3) is 0.214. The minimum Gasteiger partial charge on any atom is -0.497 e. The van der Waals surface area contributed by atoms with Crippen molar-refractivity contribution in [1.29, 1.82) is 0 Å². The van der Waals surface area contributed by atoms with Gasteiger partial charge in [-0.15, -0.1) is 0 Å². The maximum Gasteiger partial charge on any atom is 0.337 e. The quantitative estimate of drug-likeness (QED) is 0.158. The van der Waals surface area contributed by atoms with Crippen LogP contribution in [0.25, 0.3) is 11.5 Å². The van der Waals surface area contributed by atoms with E-state index in [0.717, 1.165) is 17.7 Å². The molecular weight excluding hydrogens is 486 g/mol. The van der Waals surface area contributed by atoms with Crippen LogP contribution in [0.3, 0.4) is 0 Å². The average Bonchev–Trinajstić information content (AvgIpc) is 3.51. The van der Waals surface area contributed by atoms with Gasteiger partial charge in [0.15, 0.2) is 0 Å². The van der Waals surface area contributed by atoms with Crippen LogP contribution in [0.15, 0.2) is 79.8 Å². The lowest BCUT2D eigenvalue weighted by molar-refractivity contribution is -0.133. The van der Waals surface area contributed by atoms with Crippen molar-refractivity contribution in [2.24, 2.45) is 0 Å². The molecule has 0 fully saturated rings. The van der Waals surface area contributed by atoms with E-state index in [4.69, 9.17) is 18.9 Å². The average molecular weight is 516 g/mol. The number of benzene rings is 2. The van der Waals surface area contributed by atoms with Gasteiger partial charge in [-0.3, -0.25) is 0 Å². The van der Waals surface area contributed by atoms with Gasteiger partial charge in [-0.2, -0.15) is 10.1 Å². The Labute approximate surface area is 220 Å². The molecule has 1 N–H and O–H groups in total. The molecule has 2 aromatic heterocycles. The monoisotopic (exact) mass is 515 g/mol. The summed E-state index contributed by atoms with van der Waals surface area (Å²) in [5.74, 6) is 1.85. The molecule has 0 unspecified atom stereocenters. The van der Waals surface area contributed by atoms with Gasteiger partial charge in [0.05, 0.1) is 32.6 Å². The van der Waals surface area contributed by atoms with Crippen molar-refractivity contribution in [2.45, 2.75) is 13.0 Å². The lowest BCUT2D eigenvalue weighted by atomic mass is 10.1. The molecule has 0 bridgehead atoms. The van der Waals surface area contributed by atoms with Gasteiger partial charge in [0.25, 0.3) is 5.95 Å².